The van der Waals surface area contributed by atoms with Crippen LogP contribution in [0.15, 0.2) is 4.99 Å². The summed E-state index contributed by atoms with van der Waals surface area (Å²) in [7, 11) is 0. The van der Waals surface area contributed by atoms with E-state index in [1.165, 1.54) is 0 Å². The summed E-state index contributed by atoms with van der Waals surface area (Å²) >= 11 is 0. The van der Waals surface area contributed by atoms with Crippen LogP contribution in [0, 0.1) is 0 Å². The number of carboxylic acid groups (broad SMARTS) is 1. The number of hydrogen-bond donors (Lipinski definition) is 4. The maximum atomic E-state index is 10.6. The Morgan fingerprint density at radius 2 is 2.21 bits per heavy atom. The van der Waals surface area contributed by atoms with Gasteiger partial charge in [-0.25, -0.2) is 9.59 Å². The van der Waals surface area contributed by atoms with Crippen LogP contribution >= 0.6 is 0 Å². The van der Waals surface area contributed by atoms with E-state index in [0.29, 0.717) is 0 Å². The summed E-state index contributed by atoms with van der Waals surface area (Å²) in [4.78, 5) is 34.4. The second-order valence-corrected chi connectivity index (χ2v) is 2.38. The minimum absolute atomic E-state index is 0.824. The van der Waals surface area contributed by atoms with E-state index in [-0.39, 0.29) is 0 Å². The zero-order chi connectivity index (χ0) is 10.9. The minimum Gasteiger partial charge on any atom is -0.544 e. The highest BCUT2D eigenvalue weighted by Gasteiger charge is 2.43. The molecule has 0 saturated carbocycles. The van der Waals surface area contributed by atoms with Crippen LogP contribution in [0.25, 0.3) is 0 Å². The molecule has 1 atom stereocenters. The predicted octanol–water partition coefficient (Wildman–Crippen LogP) is -3.79. The van der Waals surface area contributed by atoms with Crippen molar-refractivity contribution in [2.45, 2.75) is 5.72 Å². The Bertz CT molecular complexity index is 350. The molecule has 0 saturated heterocycles. The van der Waals surface area contributed by atoms with Gasteiger partial charge in [0.05, 0.1) is 0 Å². The summed E-state index contributed by atoms with van der Waals surface area (Å²) in [6.45, 7) is 0. The largest absolute Gasteiger partial charge is 0.544 e. The summed E-state index contributed by atoms with van der Waals surface area (Å²) in [6.07, 6.45) is 0. The number of aliphatic carboxylic acids is 1. The Morgan fingerprint density at radius 3 is 2.64 bits per heavy atom. The highest BCUT2D eigenvalue weighted by molar-refractivity contribution is 6.19. The second kappa shape index (κ2) is 2.96. The number of carboxylic acids is 1. The first kappa shape index (κ1) is 9.92. The molecule has 9 nitrogen and oxygen atoms in total. The summed E-state index contributed by atoms with van der Waals surface area (Å²) in [6, 6.07) is -2.29. The molecule has 1 heterocycles. The average Bonchev–Trinajstić information content (AvgIpc) is 2.26. The number of carbonyl (C=O) groups excluding carboxylic acids is 3. The lowest BCUT2D eigenvalue weighted by Gasteiger charge is -2.24. The Labute approximate surface area is 76.6 Å². The maximum Gasteiger partial charge on any atom is 0.345 e. The average molecular weight is 201 g/mol. The van der Waals surface area contributed by atoms with Crippen LogP contribution in [-0.2, 0) is 4.79 Å². The van der Waals surface area contributed by atoms with Crippen molar-refractivity contribution in [1.29, 1.82) is 0 Å². The number of rotatable bonds is 1. The lowest BCUT2D eigenvalue weighted by atomic mass is 10.2. The van der Waals surface area contributed by atoms with Gasteiger partial charge in [0.1, 0.15) is 5.97 Å². The van der Waals surface area contributed by atoms with Crippen molar-refractivity contribution in [3.63, 3.8) is 0 Å². The van der Waals surface area contributed by atoms with Gasteiger partial charge in [-0.1, -0.05) is 0 Å². The molecule has 0 aromatic heterocycles. The number of primary amides is 1. The Balaban J connectivity index is 3.00. The van der Waals surface area contributed by atoms with Gasteiger partial charge in [-0.05, 0) is 0 Å². The number of aliphatic imine (C=N–C) groups is 1. The van der Waals surface area contributed by atoms with Gasteiger partial charge < -0.3 is 20.7 Å². The Morgan fingerprint density at radius 1 is 1.64 bits per heavy atom. The smallest absolute Gasteiger partial charge is 0.345 e. The molecule has 0 aliphatic carbocycles. The lowest BCUT2D eigenvalue weighted by molar-refractivity contribution is -0.320. The van der Waals surface area contributed by atoms with Crippen LogP contribution in [0.5, 0.6) is 0 Å². The zero-order valence-corrected chi connectivity index (χ0v) is 6.60. The quantitative estimate of drug-likeness (QED) is 0.342. The molecule has 9 heteroatoms. The van der Waals surface area contributed by atoms with Crippen LogP contribution < -0.4 is 21.5 Å². The van der Waals surface area contributed by atoms with E-state index >= 15 is 0 Å². The fourth-order valence-electron chi connectivity index (χ4n) is 0.807. The molecule has 0 aromatic carbocycles. The number of hydrogen-bond acceptors (Lipinski definition) is 5. The highest BCUT2D eigenvalue weighted by atomic mass is 16.4. The van der Waals surface area contributed by atoms with Crippen molar-refractivity contribution in [3.05, 3.63) is 0 Å². The van der Waals surface area contributed by atoms with E-state index in [9.17, 15) is 24.6 Å². The maximum absolute atomic E-state index is 10.6. The third-order valence-corrected chi connectivity index (χ3v) is 1.38. The molecule has 4 amide bonds. The van der Waals surface area contributed by atoms with Crippen LogP contribution in [-0.4, -0.2) is 34.7 Å². The first-order chi connectivity index (χ1) is 6.36. The summed E-state index contributed by atoms with van der Waals surface area (Å²) < 4.78 is 0. The molecule has 76 valence electrons. The molecular weight excluding hydrogens is 196 g/mol. The number of urea groups is 2. The molecule has 0 unspecified atom stereocenters. The molecule has 1 rings (SSSR count). The highest BCUT2D eigenvalue weighted by Crippen LogP contribution is 2.08. The molecule has 0 radical (unpaired) electrons. The van der Waals surface area contributed by atoms with Crippen LogP contribution in [0.4, 0.5) is 9.59 Å². The molecule has 14 heavy (non-hydrogen) atoms. The number of amidine groups is 1. The van der Waals surface area contributed by atoms with Crippen molar-refractivity contribution >= 4 is 23.9 Å². The summed E-state index contributed by atoms with van der Waals surface area (Å²) in [5.41, 5.74) is 1.80. The van der Waals surface area contributed by atoms with Gasteiger partial charge in [0.15, 0.2) is 5.84 Å². The van der Waals surface area contributed by atoms with Crippen molar-refractivity contribution in [3.8, 4) is 0 Å². The summed E-state index contributed by atoms with van der Waals surface area (Å²) in [5.74, 6) is -2.86. The van der Waals surface area contributed by atoms with Gasteiger partial charge in [0.2, 0.25) is 5.72 Å². The number of aliphatic hydroxyl groups is 1. The van der Waals surface area contributed by atoms with Crippen molar-refractivity contribution in [2.24, 2.45) is 10.7 Å². The van der Waals surface area contributed by atoms with Gasteiger partial charge >= 0.3 is 12.1 Å². The van der Waals surface area contributed by atoms with Crippen molar-refractivity contribution in [2.75, 3.05) is 0 Å². The van der Waals surface area contributed by atoms with Crippen LogP contribution in [0.1, 0.15) is 0 Å². The van der Waals surface area contributed by atoms with E-state index in [1.807, 2.05) is 0 Å². The fraction of sp³-hybridized carbons (Fsp3) is 0.200. The van der Waals surface area contributed by atoms with Crippen molar-refractivity contribution < 1.29 is 24.6 Å². The first-order valence-electron chi connectivity index (χ1n) is 3.28. The number of nitrogens with one attached hydrogen (secondary N) is 2. The molecule has 1 aliphatic rings. The van der Waals surface area contributed by atoms with E-state index in [4.69, 9.17) is 0 Å². The van der Waals surface area contributed by atoms with Gasteiger partial charge in [-0.2, -0.15) is 4.99 Å². The van der Waals surface area contributed by atoms with Crippen molar-refractivity contribution in [1.82, 2.24) is 10.6 Å². The molecule has 0 bridgehead atoms. The molecule has 1 aliphatic heterocycles. The predicted molar refractivity (Wildman–Crippen MR) is 38.6 cm³/mol. The van der Waals surface area contributed by atoms with Crippen LogP contribution in [0.2, 0.25) is 0 Å². The topological polar surface area (TPSA) is 157 Å². The summed E-state index contributed by atoms with van der Waals surface area (Å²) in [5, 5.41) is 22.9. The van der Waals surface area contributed by atoms with Crippen LogP contribution in [0.3, 0.4) is 0 Å². The molecule has 0 aromatic rings. The lowest BCUT2D eigenvalue weighted by Crippen LogP contribution is -2.64. The van der Waals surface area contributed by atoms with E-state index in [2.05, 4.69) is 10.7 Å². The monoisotopic (exact) mass is 201 g/mol. The minimum atomic E-state index is -2.84. The Kier molecular flexibility index (Phi) is 2.10. The normalized spacial score (nSPS) is 25.2. The molecule has 5 N–H and O–H groups in total. The van der Waals surface area contributed by atoms with Gasteiger partial charge in [0, 0.05) is 0 Å². The standard InChI is InChI=1S/C5H6N4O5/c6-3(12)7-1-5(14,2(10)11)9-4(13)8-1/h14H,(H,10,11)(H4,6,7,8,9,12,13)/p-1/t5-/m0/s1. The number of nitrogens with two attached hydrogens (primary N) is 1. The zero-order valence-electron chi connectivity index (χ0n) is 6.60. The van der Waals surface area contributed by atoms with E-state index < -0.39 is 29.6 Å². The first-order valence-corrected chi connectivity index (χ1v) is 3.28. The van der Waals surface area contributed by atoms with Gasteiger partial charge in [-0.15, -0.1) is 0 Å². The fourth-order valence-corrected chi connectivity index (χ4v) is 0.807. The molecule has 0 spiro atoms. The second-order valence-electron chi connectivity index (χ2n) is 2.38. The van der Waals surface area contributed by atoms with E-state index in [1.54, 1.807) is 10.6 Å². The van der Waals surface area contributed by atoms with Gasteiger partial charge in [0.25, 0.3) is 0 Å². The number of amides is 4. The molecule has 0 fully saturated rings. The number of carbonyl (C=O) groups is 3. The third-order valence-electron chi connectivity index (χ3n) is 1.38. The van der Waals surface area contributed by atoms with E-state index in [0.717, 1.165) is 0 Å². The Hall–Kier alpha value is -2.16. The molecular formula is C5H5N4O5-. The number of nitrogens with zero attached hydrogens (tertiary/aromatic N) is 1. The van der Waals surface area contributed by atoms with Gasteiger partial charge in [-0.3, -0.25) is 10.6 Å². The SMILES string of the molecule is NC(=O)NC1=NC(=O)N[C@@]1(O)C(=O)[O-]. The third kappa shape index (κ3) is 1.47.